The zero-order valence-corrected chi connectivity index (χ0v) is 15.7. The minimum Gasteiger partial charge on any atom is -0.330 e. The van der Waals surface area contributed by atoms with Crippen molar-refractivity contribution in [3.05, 3.63) is 69.7 Å². The summed E-state index contributed by atoms with van der Waals surface area (Å²) in [6.45, 7) is 0. The second-order valence-electron chi connectivity index (χ2n) is 5.33. The third-order valence-electron chi connectivity index (χ3n) is 3.48. The molecule has 0 saturated carbocycles. The highest BCUT2D eigenvalue weighted by Crippen LogP contribution is 2.29. The van der Waals surface area contributed by atoms with Crippen molar-refractivity contribution >= 4 is 56.4 Å². The molecule has 2 N–H and O–H groups in total. The second kappa shape index (κ2) is 7.45. The van der Waals surface area contributed by atoms with Gasteiger partial charge in [0.15, 0.2) is 4.34 Å². The van der Waals surface area contributed by atoms with Crippen molar-refractivity contribution in [3.8, 4) is 0 Å². The Morgan fingerprint density at radius 3 is 2.92 bits per heavy atom. The van der Waals surface area contributed by atoms with Crippen LogP contribution in [0.15, 0.2) is 57.7 Å². The van der Waals surface area contributed by atoms with Gasteiger partial charge in [-0.1, -0.05) is 52.9 Å². The van der Waals surface area contributed by atoms with E-state index in [1.807, 2.05) is 42.5 Å². The number of thioether (sulfide) groups is 1. The molecule has 0 spiro atoms. The van der Waals surface area contributed by atoms with Crippen molar-refractivity contribution in [1.29, 1.82) is 0 Å². The lowest BCUT2D eigenvalue weighted by Crippen LogP contribution is -2.11. The highest BCUT2D eigenvalue weighted by atomic mass is 35.5. The summed E-state index contributed by atoms with van der Waals surface area (Å²) < 4.78 is 0.783. The SMILES string of the molecule is O=c1[nH]c(CSc2nnc(Nc3cccc(Cl)c3)s2)nc2ccccc12. The Balaban J connectivity index is 1.46. The number of halogens is 1. The molecule has 4 rings (SSSR count). The third-order valence-corrected chi connectivity index (χ3v) is 5.69. The summed E-state index contributed by atoms with van der Waals surface area (Å²) in [5, 5.41) is 13.4. The molecular formula is C17H12ClN5OS2. The summed E-state index contributed by atoms with van der Waals surface area (Å²) >= 11 is 8.87. The summed E-state index contributed by atoms with van der Waals surface area (Å²) in [6.07, 6.45) is 0. The summed E-state index contributed by atoms with van der Waals surface area (Å²) in [4.78, 5) is 19.4. The number of hydrogen-bond acceptors (Lipinski definition) is 7. The number of rotatable bonds is 5. The van der Waals surface area contributed by atoms with Gasteiger partial charge in [-0.2, -0.15) is 0 Å². The molecule has 0 aliphatic carbocycles. The van der Waals surface area contributed by atoms with Gasteiger partial charge in [0.05, 0.1) is 16.7 Å². The topological polar surface area (TPSA) is 83.6 Å². The maximum absolute atomic E-state index is 12.1. The van der Waals surface area contributed by atoms with Crippen LogP contribution in [-0.4, -0.2) is 20.2 Å². The van der Waals surface area contributed by atoms with Gasteiger partial charge in [-0.15, -0.1) is 10.2 Å². The molecule has 0 unspecified atom stereocenters. The molecule has 0 amide bonds. The number of anilines is 2. The highest BCUT2D eigenvalue weighted by molar-refractivity contribution is 8.00. The Bertz CT molecular complexity index is 1130. The molecule has 0 fully saturated rings. The van der Waals surface area contributed by atoms with Crippen LogP contribution in [0.25, 0.3) is 10.9 Å². The molecule has 0 aliphatic heterocycles. The standard InChI is InChI=1S/C17H12ClN5OS2/c18-10-4-3-5-11(8-10)19-16-22-23-17(26-16)25-9-14-20-13-7-2-1-6-12(13)15(24)21-14/h1-8H,9H2,(H,19,22)(H,20,21,24). The Hall–Kier alpha value is -2.42. The fraction of sp³-hybridized carbons (Fsp3) is 0.0588. The number of aromatic amines is 1. The lowest BCUT2D eigenvalue weighted by molar-refractivity contribution is 1.00. The Labute approximate surface area is 161 Å². The smallest absolute Gasteiger partial charge is 0.258 e. The van der Waals surface area contributed by atoms with E-state index in [1.54, 1.807) is 6.07 Å². The van der Waals surface area contributed by atoms with Crippen molar-refractivity contribution in [3.63, 3.8) is 0 Å². The minimum absolute atomic E-state index is 0.133. The van der Waals surface area contributed by atoms with Gasteiger partial charge in [-0.05, 0) is 30.3 Å². The van der Waals surface area contributed by atoms with E-state index in [0.717, 1.165) is 10.0 Å². The molecule has 0 aliphatic rings. The van der Waals surface area contributed by atoms with Crippen LogP contribution in [0.5, 0.6) is 0 Å². The molecule has 2 heterocycles. The summed E-state index contributed by atoms with van der Waals surface area (Å²) in [5.41, 5.74) is 1.41. The molecule has 4 aromatic rings. The van der Waals surface area contributed by atoms with Crippen LogP contribution in [0.1, 0.15) is 5.82 Å². The first-order valence-electron chi connectivity index (χ1n) is 7.64. The number of benzene rings is 2. The average molecular weight is 402 g/mol. The predicted octanol–water partition coefficient (Wildman–Crippen LogP) is 4.46. The fourth-order valence-electron chi connectivity index (χ4n) is 2.34. The quantitative estimate of drug-likeness (QED) is 0.480. The van der Waals surface area contributed by atoms with E-state index in [0.29, 0.717) is 32.6 Å². The Kier molecular flexibility index (Phi) is 4.87. The maximum atomic E-state index is 12.1. The van der Waals surface area contributed by atoms with E-state index in [4.69, 9.17) is 11.6 Å². The van der Waals surface area contributed by atoms with Crippen LogP contribution in [-0.2, 0) is 5.75 Å². The van der Waals surface area contributed by atoms with Gasteiger partial charge in [0, 0.05) is 10.7 Å². The van der Waals surface area contributed by atoms with Crippen LogP contribution in [0.2, 0.25) is 5.02 Å². The fourth-order valence-corrected chi connectivity index (χ4v) is 4.17. The maximum Gasteiger partial charge on any atom is 0.258 e. The summed E-state index contributed by atoms with van der Waals surface area (Å²) in [5.74, 6) is 1.12. The van der Waals surface area contributed by atoms with Gasteiger partial charge in [0.2, 0.25) is 5.13 Å². The molecule has 2 aromatic carbocycles. The molecule has 2 aromatic heterocycles. The van der Waals surface area contributed by atoms with Crippen LogP contribution in [0, 0.1) is 0 Å². The van der Waals surface area contributed by atoms with Crippen LogP contribution < -0.4 is 10.9 Å². The molecule has 9 heteroatoms. The van der Waals surface area contributed by atoms with E-state index in [1.165, 1.54) is 23.1 Å². The molecule has 130 valence electrons. The van der Waals surface area contributed by atoms with Crippen molar-refractivity contribution in [2.45, 2.75) is 10.1 Å². The first-order valence-corrected chi connectivity index (χ1v) is 9.82. The zero-order valence-electron chi connectivity index (χ0n) is 13.3. The molecule has 0 saturated heterocycles. The van der Waals surface area contributed by atoms with Gasteiger partial charge >= 0.3 is 0 Å². The lowest BCUT2D eigenvalue weighted by atomic mass is 10.2. The number of aromatic nitrogens is 4. The molecule has 0 atom stereocenters. The first kappa shape index (κ1) is 17.0. The highest BCUT2D eigenvalue weighted by Gasteiger charge is 2.08. The van der Waals surface area contributed by atoms with Crippen LogP contribution in [0.3, 0.4) is 0 Å². The van der Waals surface area contributed by atoms with Gasteiger partial charge in [-0.3, -0.25) is 4.79 Å². The van der Waals surface area contributed by atoms with Crippen LogP contribution in [0.4, 0.5) is 10.8 Å². The van der Waals surface area contributed by atoms with Crippen molar-refractivity contribution in [1.82, 2.24) is 20.2 Å². The first-order chi connectivity index (χ1) is 12.7. The van der Waals surface area contributed by atoms with Crippen molar-refractivity contribution in [2.75, 3.05) is 5.32 Å². The lowest BCUT2D eigenvalue weighted by Gasteiger charge is -2.01. The van der Waals surface area contributed by atoms with E-state index < -0.39 is 0 Å². The molecule has 0 bridgehead atoms. The predicted molar refractivity (Wildman–Crippen MR) is 107 cm³/mol. The average Bonchev–Trinajstić information content (AvgIpc) is 3.07. The normalized spacial score (nSPS) is 11.0. The Morgan fingerprint density at radius 2 is 2.04 bits per heavy atom. The van der Waals surface area contributed by atoms with Gasteiger partial charge in [-0.25, -0.2) is 4.98 Å². The number of nitrogens with one attached hydrogen (secondary N) is 2. The number of hydrogen-bond donors (Lipinski definition) is 2. The molecule has 6 nitrogen and oxygen atoms in total. The largest absolute Gasteiger partial charge is 0.330 e. The summed E-state index contributed by atoms with van der Waals surface area (Å²) in [6, 6.07) is 14.7. The minimum atomic E-state index is -0.133. The van der Waals surface area contributed by atoms with E-state index in [2.05, 4.69) is 25.5 Å². The van der Waals surface area contributed by atoms with Gasteiger partial charge in [0.1, 0.15) is 5.82 Å². The second-order valence-corrected chi connectivity index (χ2v) is 7.96. The third kappa shape index (κ3) is 3.87. The number of nitrogens with zero attached hydrogens (tertiary/aromatic N) is 3. The number of H-pyrrole nitrogens is 1. The molecule has 0 radical (unpaired) electrons. The Morgan fingerprint density at radius 1 is 1.15 bits per heavy atom. The van der Waals surface area contributed by atoms with Crippen molar-refractivity contribution in [2.24, 2.45) is 0 Å². The zero-order chi connectivity index (χ0) is 17.9. The van der Waals surface area contributed by atoms with Crippen LogP contribution >= 0.6 is 34.7 Å². The van der Waals surface area contributed by atoms with E-state index in [-0.39, 0.29) is 5.56 Å². The van der Waals surface area contributed by atoms with Gasteiger partial charge < -0.3 is 10.3 Å². The summed E-state index contributed by atoms with van der Waals surface area (Å²) in [7, 11) is 0. The van der Waals surface area contributed by atoms with E-state index >= 15 is 0 Å². The van der Waals surface area contributed by atoms with Crippen molar-refractivity contribution < 1.29 is 0 Å². The number of para-hydroxylation sites is 1. The van der Waals surface area contributed by atoms with Gasteiger partial charge in [0.25, 0.3) is 5.56 Å². The molecule has 26 heavy (non-hydrogen) atoms. The monoisotopic (exact) mass is 401 g/mol. The molecular weight excluding hydrogens is 390 g/mol. The number of fused-ring (bicyclic) bond motifs is 1. The van der Waals surface area contributed by atoms with E-state index in [9.17, 15) is 4.79 Å².